The normalized spacial score (nSPS) is 29.5. The number of allylic oxidation sites excluding steroid dienone is 6. The van der Waals surface area contributed by atoms with Gasteiger partial charge in [0.05, 0.1) is 30.5 Å². The Balaban J connectivity index is 0.000000201. The lowest BCUT2D eigenvalue weighted by molar-refractivity contribution is -0.146. The second-order valence-corrected chi connectivity index (χ2v) is 28.1. The fourth-order valence-electron chi connectivity index (χ4n) is 14.1. The van der Waals surface area contributed by atoms with E-state index in [0.717, 1.165) is 102 Å². The van der Waals surface area contributed by atoms with E-state index in [1.807, 2.05) is 146 Å². The SMILES string of the molecule is Cc1ccccc1/C=C/C(=O)O[C@@H]1/C=C/C(=O)O[C@@H](C)CCC/C=C/[C@@H]2C[C@H](O)C[C@H]21.Cc1ccccc1/C=C/C(=O)O[C@@H]1C[C@@H]2[C@H](/C=C/CCC[C@H](C)OC(=O)/C=C/[C@H]2OC(=O)/C=C/c2ccccc2C)C1.Cc1ccccc1/C=C/C(=O)O[C@@H]1C[C@H]2[C@H](O)/C=C/C(=O)O[C@@H](C)CCC/C=C/[C@@H]2C1. The van der Waals surface area contributed by atoms with Gasteiger partial charge in [0, 0.05) is 54.4 Å². The first-order chi connectivity index (χ1) is 50.1. The molecule has 3 fully saturated rings. The van der Waals surface area contributed by atoms with Gasteiger partial charge in [-0.05, 0) is 255 Å². The molecule has 16 nitrogen and oxygen atoms in total. The van der Waals surface area contributed by atoms with Gasteiger partial charge in [0.15, 0.2) is 0 Å². The summed E-state index contributed by atoms with van der Waals surface area (Å²) < 4.78 is 39.5. The molecule has 16 heteroatoms. The van der Waals surface area contributed by atoms with Gasteiger partial charge in [-0.15, -0.1) is 0 Å². The van der Waals surface area contributed by atoms with Crippen LogP contribution in [0.2, 0.25) is 0 Å². The molecule has 0 aromatic heterocycles. The molecule has 6 aliphatic rings. The smallest absolute Gasteiger partial charge is 0.331 e. The third-order valence-electron chi connectivity index (χ3n) is 19.9. The lowest BCUT2D eigenvalue weighted by atomic mass is 9.89. The van der Waals surface area contributed by atoms with Gasteiger partial charge in [0.25, 0.3) is 0 Å². The van der Waals surface area contributed by atoms with Crippen molar-refractivity contribution in [1.29, 1.82) is 0 Å². The minimum absolute atomic E-state index is 0.000131. The van der Waals surface area contributed by atoms with Crippen molar-refractivity contribution in [1.82, 2.24) is 0 Å². The topological polar surface area (TPSA) is 225 Å². The highest BCUT2D eigenvalue weighted by molar-refractivity contribution is 5.90. The number of aliphatic hydroxyl groups is 2. The zero-order valence-electron chi connectivity index (χ0n) is 61.2. The molecule has 10 rings (SSSR count). The number of aliphatic hydroxyl groups excluding tert-OH is 2. The molecule has 0 radical (unpaired) electrons. The quantitative estimate of drug-likeness (QED) is 0.0582. The molecule has 2 N–H and O–H groups in total. The Morgan fingerprint density at radius 2 is 0.692 bits per heavy atom. The van der Waals surface area contributed by atoms with Crippen molar-refractivity contribution < 1.29 is 76.9 Å². The second kappa shape index (κ2) is 41.7. The molecule has 0 saturated heterocycles. The number of cyclic esters (lactones) is 3. The van der Waals surface area contributed by atoms with Crippen LogP contribution in [0, 0.1) is 63.2 Å². The monoisotopic (exact) mass is 1420 g/mol. The third-order valence-corrected chi connectivity index (χ3v) is 19.9. The van der Waals surface area contributed by atoms with Crippen LogP contribution in [-0.4, -0.2) is 107 Å². The standard InChI is InChI=1S/C36H40O6.2C26H32O5/c1-25-11-7-9-14-28(25)17-20-35(38)41-31-23-30-16-6-4-5-13-27(3)40-34(37)22-19-33(32(30)24-31)42-36(39)21-18-29-15-10-8-12-26(29)2;1-18-8-6-7-10-20(18)12-14-26(29)31-22-16-21-11-5-3-4-9-19(2)30-25(28)15-13-24(27)23(21)17-22;1-18-8-6-7-10-20(18)12-14-26(29)31-24-13-15-25(28)30-19(2)9-4-3-5-11-21-16-22(27)17-23(21)24/h6-12,14-22,27,30-33H,4-5,13,23-24H2,1-3H3;2*5-8,10-15,19,21-24,27H,3-4,9,16-17H2,1-2H3/b16-6+,20-17+,21-18+,22-19+;2*11-5+,14-12+,15-13+/t27-,30+,31-,32+,33+;2*19-,21+,22-,23+,24+/m000/s1. The number of rotatable bonds is 12. The summed E-state index contributed by atoms with van der Waals surface area (Å²) in [5.74, 6) is -3.33. The largest absolute Gasteiger partial charge is 0.460 e. The number of hydrogen-bond donors (Lipinski definition) is 2. The van der Waals surface area contributed by atoms with Crippen molar-refractivity contribution in [2.24, 2.45) is 35.5 Å². The van der Waals surface area contributed by atoms with Gasteiger partial charge in [-0.1, -0.05) is 134 Å². The molecule has 4 aromatic rings. The average molecular weight is 1420 g/mol. The van der Waals surface area contributed by atoms with E-state index in [2.05, 4.69) is 36.5 Å². The van der Waals surface area contributed by atoms with Crippen molar-refractivity contribution >= 4 is 66.1 Å². The number of hydrogen-bond acceptors (Lipinski definition) is 16. The summed E-state index contributed by atoms with van der Waals surface area (Å²) >= 11 is 0. The summed E-state index contributed by atoms with van der Waals surface area (Å²) in [5, 5.41) is 20.9. The van der Waals surface area contributed by atoms with Crippen LogP contribution in [0.25, 0.3) is 24.3 Å². The van der Waals surface area contributed by atoms with Gasteiger partial charge >= 0.3 is 41.8 Å². The molecule has 4 aromatic carbocycles. The third kappa shape index (κ3) is 26.9. The molecule has 104 heavy (non-hydrogen) atoms. The Kier molecular flexibility index (Phi) is 32.1. The number of aryl methyl sites for hydroxylation is 4. The highest BCUT2D eigenvalue weighted by Gasteiger charge is 2.42. The molecule has 3 aliphatic heterocycles. The number of benzene rings is 4. The Labute approximate surface area is 614 Å². The molecule has 552 valence electrons. The highest BCUT2D eigenvalue weighted by Crippen LogP contribution is 2.41. The fourth-order valence-corrected chi connectivity index (χ4v) is 14.1. The van der Waals surface area contributed by atoms with Gasteiger partial charge in [-0.3, -0.25) is 0 Å². The number of fused-ring (bicyclic) bond motifs is 3. The summed E-state index contributed by atoms with van der Waals surface area (Å²) in [6.07, 6.45) is 41.7. The van der Waals surface area contributed by atoms with Crippen LogP contribution in [0.15, 0.2) is 194 Å². The lowest BCUT2D eigenvalue weighted by Crippen LogP contribution is -2.27. The van der Waals surface area contributed by atoms with Gasteiger partial charge in [0.1, 0.15) is 24.4 Å². The van der Waals surface area contributed by atoms with E-state index in [-0.39, 0.29) is 72.0 Å². The Morgan fingerprint density at radius 3 is 1.06 bits per heavy atom. The first-order valence-corrected chi connectivity index (χ1v) is 36.9. The van der Waals surface area contributed by atoms with Crippen LogP contribution in [0.4, 0.5) is 0 Å². The second-order valence-electron chi connectivity index (χ2n) is 28.1. The maximum absolute atomic E-state index is 13.0. The Bertz CT molecular complexity index is 3830. The Hall–Kier alpha value is -9.51. The van der Waals surface area contributed by atoms with Crippen LogP contribution in [-0.2, 0) is 66.7 Å². The maximum atomic E-state index is 13.0. The van der Waals surface area contributed by atoms with Crippen molar-refractivity contribution in [2.45, 2.75) is 200 Å². The molecule has 3 aliphatic carbocycles. The molecule has 0 bridgehead atoms. The summed E-state index contributed by atoms with van der Waals surface area (Å²) in [6, 6.07) is 31.2. The van der Waals surface area contributed by atoms with Gasteiger partial charge in [-0.2, -0.15) is 0 Å². The molecule has 0 spiro atoms. The fraction of sp³-hybridized carbons (Fsp3) is 0.420. The summed E-state index contributed by atoms with van der Waals surface area (Å²) in [7, 11) is 0. The average Bonchev–Trinajstić information content (AvgIpc) is 1.71. The van der Waals surface area contributed by atoms with Crippen LogP contribution in [0.1, 0.15) is 162 Å². The van der Waals surface area contributed by atoms with E-state index < -0.39 is 60.2 Å². The lowest BCUT2D eigenvalue weighted by Gasteiger charge is -2.24. The highest BCUT2D eigenvalue weighted by atomic mass is 16.6. The van der Waals surface area contributed by atoms with Crippen LogP contribution >= 0.6 is 0 Å². The van der Waals surface area contributed by atoms with Gasteiger partial charge < -0.3 is 43.4 Å². The van der Waals surface area contributed by atoms with E-state index in [1.54, 1.807) is 36.5 Å². The number of esters is 7. The van der Waals surface area contributed by atoms with Crippen molar-refractivity contribution in [3.05, 3.63) is 239 Å². The first-order valence-electron chi connectivity index (χ1n) is 36.9. The van der Waals surface area contributed by atoms with E-state index >= 15 is 0 Å². The van der Waals surface area contributed by atoms with Crippen LogP contribution < -0.4 is 0 Å². The number of ether oxygens (including phenoxy) is 7. The van der Waals surface area contributed by atoms with E-state index in [1.165, 1.54) is 48.6 Å². The minimum atomic E-state index is -0.801. The molecule has 3 saturated carbocycles. The summed E-state index contributed by atoms with van der Waals surface area (Å²) in [4.78, 5) is 87.4. The first kappa shape index (κ1) is 80.2. The van der Waals surface area contributed by atoms with Gasteiger partial charge in [0.2, 0.25) is 0 Å². The van der Waals surface area contributed by atoms with Crippen molar-refractivity contribution in [2.75, 3.05) is 0 Å². The van der Waals surface area contributed by atoms with Gasteiger partial charge in [-0.25, -0.2) is 33.6 Å². The van der Waals surface area contributed by atoms with Crippen LogP contribution in [0.3, 0.4) is 0 Å². The number of carbonyl (C=O) groups is 7. The number of carbonyl (C=O) groups excluding carboxylic acids is 7. The molecular weight excluding hydrogens is 1310 g/mol. The summed E-state index contributed by atoms with van der Waals surface area (Å²) in [5.41, 5.74) is 8.07. The molecule has 3 heterocycles. The Morgan fingerprint density at radius 1 is 0.385 bits per heavy atom. The van der Waals surface area contributed by atoms with E-state index in [4.69, 9.17) is 33.2 Å². The van der Waals surface area contributed by atoms with E-state index in [9.17, 15) is 43.8 Å². The zero-order chi connectivity index (χ0) is 74.3. The molecule has 15 atom stereocenters. The predicted molar refractivity (Wildman–Crippen MR) is 404 cm³/mol. The minimum Gasteiger partial charge on any atom is -0.460 e. The zero-order valence-corrected chi connectivity index (χ0v) is 61.2. The predicted octanol–water partition coefficient (Wildman–Crippen LogP) is 16.2. The molecule has 0 unspecified atom stereocenters. The maximum Gasteiger partial charge on any atom is 0.331 e. The van der Waals surface area contributed by atoms with Crippen molar-refractivity contribution in [3.8, 4) is 0 Å². The van der Waals surface area contributed by atoms with E-state index in [0.29, 0.717) is 38.5 Å². The summed E-state index contributed by atoms with van der Waals surface area (Å²) in [6.45, 7) is 13.6. The molecule has 0 amide bonds. The molecular formula is C88H104O16. The van der Waals surface area contributed by atoms with Crippen molar-refractivity contribution in [3.63, 3.8) is 0 Å². The van der Waals surface area contributed by atoms with Crippen LogP contribution in [0.5, 0.6) is 0 Å².